The maximum atomic E-state index is 12.5. The number of fused-ring (bicyclic) bond motifs is 1. The highest BCUT2D eigenvalue weighted by molar-refractivity contribution is 6.02. The Kier molecular flexibility index (Phi) is 5.54. The highest BCUT2D eigenvalue weighted by atomic mass is 16.5. The topological polar surface area (TPSA) is 42.8 Å². The predicted molar refractivity (Wildman–Crippen MR) is 106 cm³/mol. The van der Waals surface area contributed by atoms with E-state index in [1.807, 2.05) is 61.6 Å². The molecule has 0 aliphatic rings. The lowest BCUT2D eigenvalue weighted by atomic mass is 10.1. The molecule has 4 nitrogen and oxygen atoms in total. The maximum Gasteiger partial charge on any atom is 0.279 e. The van der Waals surface area contributed by atoms with Crippen LogP contribution in [0.1, 0.15) is 11.1 Å². The zero-order chi connectivity index (χ0) is 18.5. The molecule has 26 heavy (non-hydrogen) atoms. The second-order valence-corrected chi connectivity index (χ2v) is 6.70. The van der Waals surface area contributed by atoms with Crippen molar-refractivity contribution in [2.75, 3.05) is 26.0 Å². The van der Waals surface area contributed by atoms with E-state index in [0.29, 0.717) is 6.54 Å². The number of carbonyl (C=O) groups is 1. The standard InChI is InChI=1S/C22H24N2O2/c1-16-11-12-21(26-3)18(13-16)14-24(2)15-22(25)23-20-10-6-8-17-7-4-5-9-19(17)20/h4-13H,14-15H2,1-3H3,(H,23,25)/p+1. The number of hydrogen-bond donors (Lipinski definition) is 2. The molecule has 0 aliphatic carbocycles. The van der Waals surface area contributed by atoms with Crippen LogP contribution in [0, 0.1) is 6.92 Å². The van der Waals surface area contributed by atoms with Gasteiger partial charge in [0.25, 0.3) is 5.91 Å². The summed E-state index contributed by atoms with van der Waals surface area (Å²) in [5.41, 5.74) is 3.16. The van der Waals surface area contributed by atoms with Gasteiger partial charge in [-0.3, -0.25) is 4.79 Å². The second-order valence-electron chi connectivity index (χ2n) is 6.70. The Morgan fingerprint density at radius 1 is 1.08 bits per heavy atom. The minimum absolute atomic E-state index is 0.00507. The van der Waals surface area contributed by atoms with Crippen LogP contribution in [0.15, 0.2) is 60.7 Å². The van der Waals surface area contributed by atoms with Crippen molar-refractivity contribution < 1.29 is 14.4 Å². The maximum absolute atomic E-state index is 12.5. The van der Waals surface area contributed by atoms with Crippen LogP contribution in [0.25, 0.3) is 10.8 Å². The van der Waals surface area contributed by atoms with Crippen LogP contribution in [0.5, 0.6) is 5.75 Å². The summed E-state index contributed by atoms with van der Waals surface area (Å²) in [4.78, 5) is 13.6. The van der Waals surface area contributed by atoms with Crippen molar-refractivity contribution in [1.82, 2.24) is 0 Å². The highest BCUT2D eigenvalue weighted by Gasteiger charge is 2.14. The van der Waals surface area contributed by atoms with Crippen molar-refractivity contribution >= 4 is 22.4 Å². The number of quaternary nitrogens is 1. The molecule has 1 unspecified atom stereocenters. The van der Waals surface area contributed by atoms with E-state index in [1.165, 1.54) is 5.56 Å². The summed E-state index contributed by atoms with van der Waals surface area (Å²) in [5, 5.41) is 5.23. The number of nitrogens with one attached hydrogen (secondary N) is 2. The first kappa shape index (κ1) is 18.0. The molecule has 0 radical (unpaired) electrons. The molecule has 0 saturated heterocycles. The van der Waals surface area contributed by atoms with Gasteiger partial charge in [0.05, 0.1) is 14.2 Å². The van der Waals surface area contributed by atoms with E-state index >= 15 is 0 Å². The first-order valence-corrected chi connectivity index (χ1v) is 8.79. The minimum Gasteiger partial charge on any atom is -0.496 e. The number of ether oxygens (including phenoxy) is 1. The molecule has 0 heterocycles. The van der Waals surface area contributed by atoms with Crippen LogP contribution in [0.3, 0.4) is 0 Å². The molecular weight excluding hydrogens is 324 g/mol. The summed E-state index contributed by atoms with van der Waals surface area (Å²) in [6.45, 7) is 3.18. The monoisotopic (exact) mass is 349 g/mol. The lowest BCUT2D eigenvalue weighted by Gasteiger charge is -2.16. The molecule has 0 bridgehead atoms. The van der Waals surface area contributed by atoms with Crippen LogP contribution in [0.2, 0.25) is 0 Å². The lowest BCUT2D eigenvalue weighted by Crippen LogP contribution is -3.08. The largest absolute Gasteiger partial charge is 0.496 e. The zero-order valence-electron chi connectivity index (χ0n) is 15.5. The van der Waals surface area contributed by atoms with E-state index in [0.717, 1.165) is 39.2 Å². The third kappa shape index (κ3) is 4.21. The lowest BCUT2D eigenvalue weighted by molar-refractivity contribution is -0.885. The van der Waals surface area contributed by atoms with Gasteiger partial charge in [0.15, 0.2) is 6.54 Å². The quantitative estimate of drug-likeness (QED) is 0.719. The van der Waals surface area contributed by atoms with Gasteiger partial charge in [-0.2, -0.15) is 0 Å². The van der Waals surface area contributed by atoms with Crippen LogP contribution < -0.4 is 15.0 Å². The number of methoxy groups -OCH3 is 1. The molecule has 0 spiro atoms. The van der Waals surface area contributed by atoms with Gasteiger partial charge in [0.1, 0.15) is 12.3 Å². The molecule has 134 valence electrons. The molecule has 1 atom stereocenters. The molecule has 1 amide bonds. The van der Waals surface area contributed by atoms with E-state index in [9.17, 15) is 4.79 Å². The second kappa shape index (κ2) is 8.02. The third-order valence-corrected chi connectivity index (χ3v) is 4.45. The van der Waals surface area contributed by atoms with Gasteiger partial charge in [-0.25, -0.2) is 0 Å². The number of amides is 1. The van der Waals surface area contributed by atoms with Crippen molar-refractivity contribution in [2.24, 2.45) is 0 Å². The van der Waals surface area contributed by atoms with Gasteiger partial charge in [-0.1, -0.05) is 48.0 Å². The van der Waals surface area contributed by atoms with Gasteiger partial charge in [0, 0.05) is 16.6 Å². The predicted octanol–water partition coefficient (Wildman–Crippen LogP) is 2.81. The molecule has 2 N–H and O–H groups in total. The number of benzene rings is 3. The van der Waals surface area contributed by atoms with E-state index in [2.05, 4.69) is 18.3 Å². The van der Waals surface area contributed by atoms with E-state index < -0.39 is 0 Å². The summed E-state index contributed by atoms with van der Waals surface area (Å²) in [6.07, 6.45) is 0. The molecule has 3 rings (SSSR count). The molecule has 0 aliphatic heterocycles. The van der Waals surface area contributed by atoms with Crippen LogP contribution in [-0.4, -0.2) is 26.6 Å². The van der Waals surface area contributed by atoms with E-state index in [-0.39, 0.29) is 5.91 Å². The molecule has 0 fully saturated rings. The summed E-state index contributed by atoms with van der Waals surface area (Å²) < 4.78 is 5.44. The average Bonchev–Trinajstić information content (AvgIpc) is 2.62. The molecule has 3 aromatic rings. The fourth-order valence-electron chi connectivity index (χ4n) is 3.24. The third-order valence-electron chi connectivity index (χ3n) is 4.45. The smallest absolute Gasteiger partial charge is 0.279 e. The molecule has 0 aromatic heterocycles. The van der Waals surface area contributed by atoms with Gasteiger partial charge < -0.3 is 15.0 Å². The first-order valence-electron chi connectivity index (χ1n) is 8.79. The van der Waals surface area contributed by atoms with Crippen LogP contribution >= 0.6 is 0 Å². The number of aryl methyl sites for hydroxylation is 1. The van der Waals surface area contributed by atoms with Gasteiger partial charge in [0.2, 0.25) is 0 Å². The van der Waals surface area contributed by atoms with Crippen molar-refractivity contribution in [2.45, 2.75) is 13.5 Å². The summed E-state index contributed by atoms with van der Waals surface area (Å²) >= 11 is 0. The first-order chi connectivity index (χ1) is 12.6. The van der Waals surface area contributed by atoms with Crippen molar-refractivity contribution in [3.8, 4) is 5.75 Å². The number of rotatable bonds is 6. The summed E-state index contributed by atoms with van der Waals surface area (Å²) in [6, 6.07) is 20.1. The van der Waals surface area contributed by atoms with Gasteiger partial charge >= 0.3 is 0 Å². The summed E-state index contributed by atoms with van der Waals surface area (Å²) in [5.74, 6) is 0.870. The number of anilines is 1. The van der Waals surface area contributed by atoms with E-state index in [4.69, 9.17) is 4.74 Å². The van der Waals surface area contributed by atoms with Gasteiger partial charge in [-0.15, -0.1) is 0 Å². The Balaban J connectivity index is 1.67. The number of carbonyl (C=O) groups excluding carboxylic acids is 1. The Hall–Kier alpha value is -2.85. The Morgan fingerprint density at radius 2 is 1.85 bits per heavy atom. The van der Waals surface area contributed by atoms with Crippen LogP contribution in [-0.2, 0) is 11.3 Å². The normalized spacial score (nSPS) is 12.0. The van der Waals surface area contributed by atoms with Gasteiger partial charge in [-0.05, 0) is 30.5 Å². The average molecular weight is 349 g/mol. The molecule has 3 aromatic carbocycles. The van der Waals surface area contributed by atoms with Crippen molar-refractivity contribution in [3.63, 3.8) is 0 Å². The highest BCUT2D eigenvalue weighted by Crippen LogP contribution is 2.22. The molecule has 4 heteroatoms. The molecular formula is C22H25N2O2+. The minimum atomic E-state index is 0.00507. The Bertz CT molecular complexity index is 916. The number of hydrogen-bond acceptors (Lipinski definition) is 2. The fourth-order valence-corrected chi connectivity index (χ4v) is 3.24. The summed E-state index contributed by atoms with van der Waals surface area (Å²) in [7, 11) is 3.70. The van der Waals surface area contributed by atoms with Crippen LogP contribution in [0.4, 0.5) is 5.69 Å². The SMILES string of the molecule is COc1ccc(C)cc1C[NH+](C)CC(=O)Nc1cccc2ccccc12. The Labute approximate surface area is 154 Å². The van der Waals surface area contributed by atoms with Crippen molar-refractivity contribution in [3.05, 3.63) is 71.8 Å². The Morgan fingerprint density at radius 3 is 2.65 bits per heavy atom. The fraction of sp³-hybridized carbons (Fsp3) is 0.227. The molecule has 0 saturated carbocycles. The van der Waals surface area contributed by atoms with E-state index in [1.54, 1.807) is 7.11 Å². The van der Waals surface area contributed by atoms with Crippen molar-refractivity contribution in [1.29, 1.82) is 0 Å². The number of likely N-dealkylation sites (N-methyl/N-ethyl adjacent to an activating group) is 1. The zero-order valence-corrected chi connectivity index (χ0v) is 15.5.